The maximum Gasteiger partial charge on any atom is 0.320 e. The minimum atomic E-state index is -0.953. The van der Waals surface area contributed by atoms with Gasteiger partial charge in [0.25, 0.3) is 0 Å². The highest BCUT2D eigenvalue weighted by Crippen LogP contribution is 2.06. The van der Waals surface area contributed by atoms with Crippen molar-refractivity contribution in [3.05, 3.63) is 23.9 Å². The molecule has 1 heterocycles. The first kappa shape index (κ1) is 8.80. The van der Waals surface area contributed by atoms with Gasteiger partial charge in [-0.2, -0.15) is 0 Å². The summed E-state index contributed by atoms with van der Waals surface area (Å²) in [4.78, 5) is 10.4. The number of carboxylic acid groups (broad SMARTS) is 1. The molecule has 0 spiro atoms. The molecule has 66 valence electrons. The molecule has 1 aliphatic heterocycles. The van der Waals surface area contributed by atoms with Gasteiger partial charge in [-0.1, -0.05) is 6.08 Å². The van der Waals surface area contributed by atoms with E-state index in [1.54, 1.807) is 0 Å². The third-order valence-corrected chi connectivity index (χ3v) is 1.67. The SMILES string of the molecule is N[C@@H](CC1=CC=CNC1)C(=O)O. The van der Waals surface area contributed by atoms with Crippen molar-refractivity contribution in [3.8, 4) is 0 Å². The van der Waals surface area contributed by atoms with E-state index in [1.807, 2.05) is 18.4 Å². The number of dihydropyridines is 1. The largest absolute Gasteiger partial charge is 0.480 e. The highest BCUT2D eigenvalue weighted by Gasteiger charge is 2.13. The number of nitrogens with two attached hydrogens (primary N) is 1. The fourth-order valence-corrected chi connectivity index (χ4v) is 1.01. The van der Waals surface area contributed by atoms with Gasteiger partial charge in [-0.15, -0.1) is 0 Å². The molecular formula is C8H12N2O2. The van der Waals surface area contributed by atoms with Gasteiger partial charge in [-0.3, -0.25) is 4.79 Å². The third-order valence-electron chi connectivity index (χ3n) is 1.67. The number of carbonyl (C=O) groups is 1. The molecule has 0 saturated heterocycles. The van der Waals surface area contributed by atoms with Gasteiger partial charge in [0.2, 0.25) is 0 Å². The Morgan fingerprint density at radius 2 is 2.58 bits per heavy atom. The van der Waals surface area contributed by atoms with Crippen LogP contribution in [0.4, 0.5) is 0 Å². The maximum atomic E-state index is 10.4. The highest BCUT2D eigenvalue weighted by atomic mass is 16.4. The first-order valence-corrected chi connectivity index (χ1v) is 3.76. The van der Waals surface area contributed by atoms with Gasteiger partial charge in [0.1, 0.15) is 6.04 Å². The van der Waals surface area contributed by atoms with Crippen molar-refractivity contribution in [2.45, 2.75) is 12.5 Å². The summed E-state index contributed by atoms with van der Waals surface area (Å²) in [7, 11) is 0. The predicted molar refractivity (Wildman–Crippen MR) is 45.5 cm³/mol. The lowest BCUT2D eigenvalue weighted by Crippen LogP contribution is -2.32. The molecule has 0 radical (unpaired) electrons. The predicted octanol–water partition coefficient (Wildman–Crippen LogP) is -0.168. The van der Waals surface area contributed by atoms with Crippen LogP contribution >= 0.6 is 0 Å². The van der Waals surface area contributed by atoms with Crippen molar-refractivity contribution in [2.75, 3.05) is 6.54 Å². The quantitative estimate of drug-likeness (QED) is 0.547. The minimum Gasteiger partial charge on any atom is -0.480 e. The van der Waals surface area contributed by atoms with Crippen molar-refractivity contribution in [1.82, 2.24) is 5.32 Å². The smallest absolute Gasteiger partial charge is 0.320 e. The number of carboxylic acids is 1. The van der Waals surface area contributed by atoms with Gasteiger partial charge in [0, 0.05) is 6.54 Å². The Labute approximate surface area is 70.8 Å². The molecule has 1 atom stereocenters. The van der Waals surface area contributed by atoms with Crippen LogP contribution in [0.15, 0.2) is 23.9 Å². The number of hydrogen-bond donors (Lipinski definition) is 3. The topological polar surface area (TPSA) is 75.3 Å². The molecule has 1 rings (SSSR count). The summed E-state index contributed by atoms with van der Waals surface area (Å²) in [6, 6.07) is -0.787. The average molecular weight is 168 g/mol. The Balaban J connectivity index is 2.45. The molecule has 4 nitrogen and oxygen atoms in total. The van der Waals surface area contributed by atoms with E-state index in [1.165, 1.54) is 0 Å². The first-order chi connectivity index (χ1) is 5.70. The fraction of sp³-hybridized carbons (Fsp3) is 0.375. The van der Waals surface area contributed by atoms with Crippen LogP contribution < -0.4 is 11.1 Å². The van der Waals surface area contributed by atoms with Crippen molar-refractivity contribution in [1.29, 1.82) is 0 Å². The Morgan fingerprint density at radius 1 is 1.83 bits per heavy atom. The monoisotopic (exact) mass is 168 g/mol. The summed E-state index contributed by atoms with van der Waals surface area (Å²) in [5.41, 5.74) is 6.38. The first-order valence-electron chi connectivity index (χ1n) is 3.76. The minimum absolute atomic E-state index is 0.409. The third kappa shape index (κ3) is 2.39. The fourth-order valence-electron chi connectivity index (χ4n) is 1.01. The number of aliphatic carboxylic acids is 1. The van der Waals surface area contributed by atoms with E-state index in [0.29, 0.717) is 13.0 Å². The average Bonchev–Trinajstić information content (AvgIpc) is 2.06. The second-order valence-electron chi connectivity index (χ2n) is 2.71. The van der Waals surface area contributed by atoms with Crippen molar-refractivity contribution in [3.63, 3.8) is 0 Å². The number of nitrogens with one attached hydrogen (secondary N) is 1. The van der Waals surface area contributed by atoms with E-state index in [0.717, 1.165) is 5.57 Å². The second kappa shape index (κ2) is 3.92. The van der Waals surface area contributed by atoms with Crippen LogP contribution in [0.1, 0.15) is 6.42 Å². The standard InChI is InChI=1S/C8H12N2O2/c9-7(8(11)12)4-6-2-1-3-10-5-6/h1-3,7,10H,4-5,9H2,(H,11,12)/t7-/m0/s1. The van der Waals surface area contributed by atoms with Crippen molar-refractivity contribution in [2.24, 2.45) is 5.73 Å². The molecule has 0 fully saturated rings. The molecule has 0 aliphatic carbocycles. The Kier molecular flexibility index (Phi) is 2.88. The van der Waals surface area contributed by atoms with Crippen LogP contribution in [0.3, 0.4) is 0 Å². The summed E-state index contributed by atoms with van der Waals surface area (Å²) in [6.07, 6.45) is 5.95. The van der Waals surface area contributed by atoms with E-state index in [2.05, 4.69) is 5.32 Å². The maximum absolute atomic E-state index is 10.4. The molecule has 0 aromatic heterocycles. The molecule has 0 aromatic rings. The zero-order valence-electron chi connectivity index (χ0n) is 6.66. The molecule has 1 aliphatic rings. The summed E-state index contributed by atoms with van der Waals surface area (Å²) in [5.74, 6) is -0.953. The van der Waals surface area contributed by atoms with Gasteiger partial charge >= 0.3 is 5.97 Å². The molecular weight excluding hydrogens is 156 g/mol. The number of allylic oxidation sites excluding steroid dienone is 2. The summed E-state index contributed by atoms with van der Waals surface area (Å²) in [5, 5.41) is 11.5. The summed E-state index contributed by atoms with van der Waals surface area (Å²) in [6.45, 7) is 0.692. The van der Waals surface area contributed by atoms with Crippen LogP contribution in [0.5, 0.6) is 0 Å². The molecule has 12 heavy (non-hydrogen) atoms. The number of rotatable bonds is 3. The molecule has 0 bridgehead atoms. The Bertz CT molecular complexity index is 233. The summed E-state index contributed by atoms with van der Waals surface area (Å²) < 4.78 is 0. The van der Waals surface area contributed by atoms with Crippen molar-refractivity contribution < 1.29 is 9.90 Å². The van der Waals surface area contributed by atoms with Crippen LogP contribution in [0.2, 0.25) is 0 Å². The van der Waals surface area contributed by atoms with E-state index in [-0.39, 0.29) is 0 Å². The van der Waals surface area contributed by atoms with Gasteiger partial charge in [0.05, 0.1) is 0 Å². The lowest BCUT2D eigenvalue weighted by molar-refractivity contribution is -0.138. The van der Waals surface area contributed by atoms with E-state index in [9.17, 15) is 4.79 Å². The summed E-state index contributed by atoms with van der Waals surface area (Å²) >= 11 is 0. The van der Waals surface area contributed by atoms with Crippen LogP contribution in [0, 0.1) is 0 Å². The Hall–Kier alpha value is -1.29. The molecule has 0 amide bonds. The van der Waals surface area contributed by atoms with E-state index < -0.39 is 12.0 Å². The molecule has 4 heteroatoms. The normalized spacial score (nSPS) is 17.9. The zero-order valence-corrected chi connectivity index (χ0v) is 6.66. The van der Waals surface area contributed by atoms with E-state index in [4.69, 9.17) is 10.8 Å². The molecule has 4 N–H and O–H groups in total. The molecule has 0 aromatic carbocycles. The Morgan fingerprint density at radius 3 is 3.08 bits per heavy atom. The lowest BCUT2D eigenvalue weighted by Gasteiger charge is -2.12. The van der Waals surface area contributed by atoms with Gasteiger partial charge in [0.15, 0.2) is 0 Å². The zero-order chi connectivity index (χ0) is 8.97. The van der Waals surface area contributed by atoms with E-state index >= 15 is 0 Å². The van der Waals surface area contributed by atoms with Gasteiger partial charge < -0.3 is 16.2 Å². The van der Waals surface area contributed by atoms with Gasteiger partial charge in [-0.25, -0.2) is 0 Å². The van der Waals surface area contributed by atoms with Crippen LogP contribution in [-0.2, 0) is 4.79 Å². The number of hydrogen-bond acceptors (Lipinski definition) is 3. The van der Waals surface area contributed by atoms with Crippen LogP contribution in [-0.4, -0.2) is 23.7 Å². The molecule has 0 unspecified atom stereocenters. The lowest BCUT2D eigenvalue weighted by atomic mass is 10.1. The second-order valence-corrected chi connectivity index (χ2v) is 2.71. The van der Waals surface area contributed by atoms with Gasteiger partial charge in [-0.05, 0) is 24.3 Å². The van der Waals surface area contributed by atoms with Crippen molar-refractivity contribution >= 4 is 5.97 Å². The molecule has 0 saturated carbocycles. The highest BCUT2D eigenvalue weighted by molar-refractivity contribution is 5.73. The van der Waals surface area contributed by atoms with Crippen LogP contribution in [0.25, 0.3) is 0 Å².